The molecule has 2 fully saturated rings. The number of hydrogen-bond donors (Lipinski definition) is 1. The van der Waals surface area contributed by atoms with Crippen LogP contribution in [0.5, 0.6) is 5.75 Å². The zero-order valence-corrected chi connectivity index (χ0v) is 13.4. The number of rotatable bonds is 3. The van der Waals surface area contributed by atoms with Gasteiger partial charge >= 0.3 is 0 Å². The van der Waals surface area contributed by atoms with Crippen molar-refractivity contribution in [2.45, 2.75) is 31.8 Å². The number of nitrogens with one attached hydrogen (secondary N) is 1. The Morgan fingerprint density at radius 1 is 1.14 bits per heavy atom. The molecule has 0 spiro atoms. The maximum Gasteiger partial charge on any atom is 0.142 e. The second-order valence-electron chi connectivity index (χ2n) is 6.82. The molecule has 1 unspecified atom stereocenters. The van der Waals surface area contributed by atoms with Gasteiger partial charge in [0.25, 0.3) is 0 Å². The lowest BCUT2D eigenvalue weighted by molar-refractivity contribution is 0.190. The van der Waals surface area contributed by atoms with Gasteiger partial charge in [0.15, 0.2) is 0 Å². The molecule has 2 saturated heterocycles. The van der Waals surface area contributed by atoms with Gasteiger partial charge in [0.2, 0.25) is 0 Å². The largest absolute Gasteiger partial charge is 0.495 e. The van der Waals surface area contributed by atoms with E-state index in [2.05, 4.69) is 41.1 Å². The Morgan fingerprint density at radius 3 is 2.48 bits per heavy atom. The van der Waals surface area contributed by atoms with Crippen LogP contribution in [0, 0.1) is 0 Å². The highest BCUT2D eigenvalue weighted by molar-refractivity contribution is 5.58. The number of methoxy groups -OCH3 is 1. The van der Waals surface area contributed by atoms with Gasteiger partial charge in [-0.3, -0.25) is 4.90 Å². The van der Waals surface area contributed by atoms with Crippen LogP contribution in [0.4, 0.5) is 5.69 Å². The van der Waals surface area contributed by atoms with E-state index in [1.165, 1.54) is 12.1 Å². The summed E-state index contributed by atoms with van der Waals surface area (Å²) in [6.45, 7) is 10.2. The molecule has 0 bridgehead atoms. The summed E-state index contributed by atoms with van der Waals surface area (Å²) in [7, 11) is 1.75. The molecule has 1 aromatic carbocycles. The summed E-state index contributed by atoms with van der Waals surface area (Å²) in [5.41, 5.74) is 1.52. The van der Waals surface area contributed by atoms with Gasteiger partial charge in [-0.2, -0.15) is 0 Å². The molecule has 4 nitrogen and oxygen atoms in total. The highest BCUT2D eigenvalue weighted by Crippen LogP contribution is 2.29. The molecule has 1 aromatic rings. The third kappa shape index (κ3) is 3.16. The van der Waals surface area contributed by atoms with Crippen LogP contribution in [0.1, 0.15) is 20.3 Å². The molecule has 0 amide bonds. The molecule has 0 radical (unpaired) electrons. The maximum atomic E-state index is 5.49. The van der Waals surface area contributed by atoms with Gasteiger partial charge in [-0.1, -0.05) is 12.1 Å². The van der Waals surface area contributed by atoms with E-state index in [0.29, 0.717) is 11.6 Å². The van der Waals surface area contributed by atoms with Crippen LogP contribution in [-0.2, 0) is 0 Å². The first kappa shape index (κ1) is 14.7. The Labute approximate surface area is 128 Å². The van der Waals surface area contributed by atoms with Gasteiger partial charge in [0.1, 0.15) is 5.75 Å². The number of hydrogen-bond acceptors (Lipinski definition) is 4. The van der Waals surface area contributed by atoms with Crippen molar-refractivity contribution in [3.05, 3.63) is 24.3 Å². The van der Waals surface area contributed by atoms with Crippen LogP contribution in [0.15, 0.2) is 24.3 Å². The van der Waals surface area contributed by atoms with Crippen LogP contribution in [0.25, 0.3) is 0 Å². The fourth-order valence-electron chi connectivity index (χ4n) is 3.60. The number of para-hydroxylation sites is 2. The monoisotopic (exact) mass is 289 g/mol. The number of ether oxygens (including phenoxy) is 1. The summed E-state index contributed by atoms with van der Waals surface area (Å²) < 4.78 is 5.49. The smallest absolute Gasteiger partial charge is 0.142 e. The summed E-state index contributed by atoms with van der Waals surface area (Å²) in [6.07, 6.45) is 1.25. The Kier molecular flexibility index (Phi) is 4.09. The van der Waals surface area contributed by atoms with Crippen molar-refractivity contribution >= 4 is 5.69 Å². The molecule has 116 valence electrons. The Morgan fingerprint density at radius 2 is 1.86 bits per heavy atom. The Bertz CT molecular complexity index is 481. The van der Waals surface area contributed by atoms with Gasteiger partial charge in [-0.25, -0.2) is 0 Å². The van der Waals surface area contributed by atoms with Crippen molar-refractivity contribution in [2.75, 3.05) is 44.7 Å². The van der Waals surface area contributed by atoms with Crippen molar-refractivity contribution < 1.29 is 4.74 Å². The first-order valence-corrected chi connectivity index (χ1v) is 7.96. The zero-order chi connectivity index (χ0) is 14.9. The Balaban J connectivity index is 1.60. The minimum absolute atomic E-state index is 0.296. The van der Waals surface area contributed by atoms with E-state index in [1.807, 2.05) is 12.1 Å². The third-order valence-corrected chi connectivity index (χ3v) is 4.82. The number of anilines is 1. The summed E-state index contributed by atoms with van der Waals surface area (Å²) in [4.78, 5) is 5.09. The topological polar surface area (TPSA) is 27.7 Å². The summed E-state index contributed by atoms with van der Waals surface area (Å²) >= 11 is 0. The lowest BCUT2D eigenvalue weighted by Crippen LogP contribution is -2.51. The fraction of sp³-hybridized carbons (Fsp3) is 0.647. The van der Waals surface area contributed by atoms with E-state index in [1.54, 1.807) is 7.11 Å². The number of nitrogens with zero attached hydrogens (tertiary/aromatic N) is 2. The molecule has 2 heterocycles. The van der Waals surface area contributed by atoms with Crippen LogP contribution >= 0.6 is 0 Å². The minimum atomic E-state index is 0.296. The molecule has 2 aliphatic rings. The highest BCUT2D eigenvalue weighted by atomic mass is 16.5. The minimum Gasteiger partial charge on any atom is -0.495 e. The van der Waals surface area contributed by atoms with Crippen molar-refractivity contribution in [1.82, 2.24) is 10.2 Å². The van der Waals surface area contributed by atoms with E-state index in [9.17, 15) is 0 Å². The molecule has 0 saturated carbocycles. The fourth-order valence-corrected chi connectivity index (χ4v) is 3.60. The van der Waals surface area contributed by atoms with E-state index < -0.39 is 0 Å². The molecule has 4 heteroatoms. The summed E-state index contributed by atoms with van der Waals surface area (Å²) in [6, 6.07) is 9.03. The van der Waals surface area contributed by atoms with E-state index in [0.717, 1.165) is 38.5 Å². The quantitative estimate of drug-likeness (QED) is 0.920. The molecule has 21 heavy (non-hydrogen) atoms. The second kappa shape index (κ2) is 5.85. The van der Waals surface area contributed by atoms with Gasteiger partial charge in [0, 0.05) is 44.3 Å². The molecule has 2 aliphatic heterocycles. The van der Waals surface area contributed by atoms with Crippen LogP contribution in [-0.4, -0.2) is 56.3 Å². The van der Waals surface area contributed by atoms with Gasteiger partial charge in [-0.15, -0.1) is 0 Å². The average Bonchev–Trinajstić information content (AvgIpc) is 2.87. The van der Waals surface area contributed by atoms with Crippen molar-refractivity contribution in [3.63, 3.8) is 0 Å². The maximum absolute atomic E-state index is 5.49. The molecule has 1 N–H and O–H groups in total. The first-order valence-electron chi connectivity index (χ1n) is 7.96. The average molecular weight is 289 g/mol. The van der Waals surface area contributed by atoms with Gasteiger partial charge < -0.3 is 15.0 Å². The highest BCUT2D eigenvalue weighted by Gasteiger charge is 2.35. The summed E-state index contributed by atoms with van der Waals surface area (Å²) in [5, 5.41) is 3.63. The van der Waals surface area contributed by atoms with E-state index in [4.69, 9.17) is 4.74 Å². The van der Waals surface area contributed by atoms with Crippen molar-refractivity contribution in [1.29, 1.82) is 0 Å². The first-order chi connectivity index (χ1) is 10.1. The third-order valence-electron chi connectivity index (χ3n) is 4.82. The SMILES string of the molecule is COc1ccccc1N1CCN(C2CNC(C)(C)C2)CC1. The van der Waals surface area contributed by atoms with Crippen molar-refractivity contribution in [3.8, 4) is 5.75 Å². The predicted octanol–water partition coefficient (Wildman–Crippen LogP) is 1.96. The molecule has 3 rings (SSSR count). The standard InChI is InChI=1S/C17H27N3O/c1-17(2)12-14(13-18-17)19-8-10-20(11-9-19)15-6-4-5-7-16(15)21-3/h4-7,14,18H,8-13H2,1-3H3. The Hall–Kier alpha value is -1.26. The normalized spacial score (nSPS) is 26.0. The van der Waals surface area contributed by atoms with E-state index >= 15 is 0 Å². The van der Waals surface area contributed by atoms with Crippen molar-refractivity contribution in [2.24, 2.45) is 0 Å². The summed E-state index contributed by atoms with van der Waals surface area (Å²) in [5.74, 6) is 0.981. The lowest BCUT2D eigenvalue weighted by atomic mass is 10.0. The van der Waals surface area contributed by atoms with Gasteiger partial charge in [-0.05, 0) is 32.4 Å². The molecule has 0 aromatic heterocycles. The zero-order valence-electron chi connectivity index (χ0n) is 13.4. The van der Waals surface area contributed by atoms with Crippen LogP contribution in [0.3, 0.4) is 0 Å². The second-order valence-corrected chi connectivity index (χ2v) is 6.82. The molecular weight excluding hydrogens is 262 g/mol. The van der Waals surface area contributed by atoms with Crippen LogP contribution < -0.4 is 15.0 Å². The predicted molar refractivity (Wildman–Crippen MR) is 87.3 cm³/mol. The number of benzene rings is 1. The number of piperazine rings is 1. The van der Waals surface area contributed by atoms with Crippen LogP contribution in [0.2, 0.25) is 0 Å². The van der Waals surface area contributed by atoms with E-state index in [-0.39, 0.29) is 0 Å². The molecule has 0 aliphatic carbocycles. The lowest BCUT2D eigenvalue weighted by Gasteiger charge is -2.39. The molecular formula is C17H27N3O. The molecule has 1 atom stereocenters. The van der Waals surface area contributed by atoms with Gasteiger partial charge in [0.05, 0.1) is 12.8 Å².